The van der Waals surface area contributed by atoms with E-state index in [4.69, 9.17) is 0 Å². The molecular weight excluding hydrogens is 246 g/mol. The van der Waals surface area contributed by atoms with Gasteiger partial charge in [-0.2, -0.15) is 0 Å². The van der Waals surface area contributed by atoms with Gasteiger partial charge in [-0.05, 0) is 38.0 Å². The lowest BCUT2D eigenvalue weighted by molar-refractivity contribution is 0.241. The number of likely N-dealkylation sites (tertiary alicyclic amines) is 1. The molecule has 0 amide bonds. The molecule has 0 N–H and O–H groups in total. The summed E-state index contributed by atoms with van der Waals surface area (Å²) in [6.07, 6.45) is 1.56. The highest BCUT2D eigenvalue weighted by Crippen LogP contribution is 2.21. The highest BCUT2D eigenvalue weighted by molar-refractivity contribution is 7.91. The molecule has 2 rings (SSSR count). The van der Waals surface area contributed by atoms with Crippen LogP contribution in [0.1, 0.15) is 25.3 Å². The average Bonchev–Trinajstić information content (AvgIpc) is 2.39. The minimum atomic E-state index is -2.99. The van der Waals surface area contributed by atoms with Crippen LogP contribution in [0.2, 0.25) is 0 Å². The van der Waals surface area contributed by atoms with Crippen LogP contribution >= 0.6 is 0 Å². The molecule has 18 heavy (non-hydrogen) atoms. The van der Waals surface area contributed by atoms with E-state index in [1.54, 1.807) is 0 Å². The Kier molecular flexibility index (Phi) is 4.40. The number of hydrogen-bond acceptors (Lipinski definition) is 3. The highest BCUT2D eigenvalue weighted by Gasteiger charge is 2.29. The van der Waals surface area contributed by atoms with E-state index in [1.807, 2.05) is 30.3 Å². The summed E-state index contributed by atoms with van der Waals surface area (Å²) >= 11 is 0. The fraction of sp³-hybridized carbons (Fsp3) is 0.571. The molecule has 1 aliphatic heterocycles. The van der Waals surface area contributed by atoms with Crippen LogP contribution in [0.25, 0.3) is 0 Å². The molecule has 1 aromatic carbocycles. The monoisotopic (exact) mass is 267 g/mol. The molecule has 0 unspecified atom stereocenters. The number of nitrogens with zero attached hydrogens (tertiary/aromatic N) is 1. The van der Waals surface area contributed by atoms with E-state index in [2.05, 4.69) is 11.8 Å². The smallest absolute Gasteiger partial charge is 0.157 e. The van der Waals surface area contributed by atoms with E-state index in [9.17, 15) is 8.42 Å². The van der Waals surface area contributed by atoms with Crippen molar-refractivity contribution in [1.82, 2.24) is 4.90 Å². The van der Waals surface area contributed by atoms with Crippen molar-refractivity contribution in [2.75, 3.05) is 19.6 Å². The van der Waals surface area contributed by atoms with Crippen molar-refractivity contribution >= 4 is 9.84 Å². The molecule has 1 saturated heterocycles. The van der Waals surface area contributed by atoms with Crippen LogP contribution in [0.5, 0.6) is 0 Å². The lowest BCUT2D eigenvalue weighted by Crippen LogP contribution is -2.39. The Bertz CT molecular complexity index is 462. The lowest BCUT2D eigenvalue weighted by Gasteiger charge is -2.30. The van der Waals surface area contributed by atoms with Gasteiger partial charge in [-0.1, -0.05) is 37.3 Å². The van der Waals surface area contributed by atoms with Crippen molar-refractivity contribution in [3.63, 3.8) is 0 Å². The maximum absolute atomic E-state index is 12.3. The SMILES string of the molecule is CCN1CCC(S(=O)(=O)Cc2ccccc2)CC1. The van der Waals surface area contributed by atoms with E-state index in [0.29, 0.717) is 0 Å². The molecule has 3 nitrogen and oxygen atoms in total. The second-order valence-corrected chi connectivity index (χ2v) is 7.21. The average molecular weight is 267 g/mol. The maximum atomic E-state index is 12.3. The summed E-state index contributed by atoms with van der Waals surface area (Å²) in [5, 5.41) is -0.152. The zero-order chi connectivity index (χ0) is 13.0. The summed E-state index contributed by atoms with van der Waals surface area (Å²) in [5.41, 5.74) is 0.899. The molecule has 0 atom stereocenters. The first-order chi connectivity index (χ1) is 8.62. The molecule has 1 aliphatic rings. The quantitative estimate of drug-likeness (QED) is 0.838. The second-order valence-electron chi connectivity index (χ2n) is 4.93. The molecule has 0 spiro atoms. The van der Waals surface area contributed by atoms with Gasteiger partial charge in [0.05, 0.1) is 11.0 Å². The van der Waals surface area contributed by atoms with Gasteiger partial charge >= 0.3 is 0 Å². The summed E-state index contributed by atoms with van der Waals surface area (Å²) in [6.45, 7) is 4.97. The molecule has 1 heterocycles. The first-order valence-electron chi connectivity index (χ1n) is 6.59. The van der Waals surface area contributed by atoms with Crippen molar-refractivity contribution in [2.45, 2.75) is 30.8 Å². The third kappa shape index (κ3) is 3.33. The van der Waals surface area contributed by atoms with E-state index >= 15 is 0 Å². The number of rotatable bonds is 4. The highest BCUT2D eigenvalue weighted by atomic mass is 32.2. The molecule has 0 aliphatic carbocycles. The fourth-order valence-corrected chi connectivity index (χ4v) is 4.33. The Morgan fingerprint density at radius 1 is 1.17 bits per heavy atom. The number of hydrogen-bond donors (Lipinski definition) is 0. The third-order valence-electron chi connectivity index (χ3n) is 3.70. The normalized spacial score (nSPS) is 18.9. The van der Waals surface area contributed by atoms with Crippen LogP contribution in [0.3, 0.4) is 0 Å². The molecule has 0 saturated carbocycles. The van der Waals surface area contributed by atoms with Crippen molar-refractivity contribution in [3.8, 4) is 0 Å². The summed E-state index contributed by atoms with van der Waals surface area (Å²) in [4.78, 5) is 2.31. The van der Waals surface area contributed by atoms with Crippen LogP contribution in [0.15, 0.2) is 30.3 Å². The largest absolute Gasteiger partial charge is 0.304 e. The van der Waals surface area contributed by atoms with Gasteiger partial charge in [0.1, 0.15) is 0 Å². The molecule has 100 valence electrons. The zero-order valence-electron chi connectivity index (χ0n) is 10.9. The molecule has 0 radical (unpaired) electrons. The summed E-state index contributed by atoms with van der Waals surface area (Å²) in [5.74, 6) is 0.185. The predicted molar refractivity (Wildman–Crippen MR) is 74.2 cm³/mol. The van der Waals surface area contributed by atoms with Crippen LogP contribution in [-0.2, 0) is 15.6 Å². The number of sulfone groups is 1. The van der Waals surface area contributed by atoms with Crippen LogP contribution in [-0.4, -0.2) is 38.2 Å². The summed E-state index contributed by atoms with van der Waals surface area (Å²) in [6, 6.07) is 9.47. The Labute approximate surface area is 110 Å². The zero-order valence-corrected chi connectivity index (χ0v) is 11.7. The Morgan fingerprint density at radius 2 is 1.78 bits per heavy atom. The Hall–Kier alpha value is -0.870. The fourth-order valence-electron chi connectivity index (χ4n) is 2.51. The minimum Gasteiger partial charge on any atom is -0.304 e. The predicted octanol–water partition coefficient (Wildman–Crippen LogP) is 2.09. The van der Waals surface area contributed by atoms with Gasteiger partial charge in [0, 0.05) is 0 Å². The lowest BCUT2D eigenvalue weighted by atomic mass is 10.1. The van der Waals surface area contributed by atoms with Gasteiger partial charge in [-0.25, -0.2) is 8.42 Å². The van der Waals surface area contributed by atoms with Gasteiger partial charge in [0.2, 0.25) is 0 Å². The van der Waals surface area contributed by atoms with E-state index in [0.717, 1.165) is 38.0 Å². The molecule has 0 bridgehead atoms. The van der Waals surface area contributed by atoms with E-state index < -0.39 is 9.84 Å². The molecule has 1 fully saturated rings. The van der Waals surface area contributed by atoms with Crippen molar-refractivity contribution in [2.24, 2.45) is 0 Å². The number of benzene rings is 1. The first kappa shape index (κ1) is 13.6. The third-order valence-corrected chi connectivity index (χ3v) is 5.92. The van der Waals surface area contributed by atoms with Crippen LogP contribution in [0.4, 0.5) is 0 Å². The van der Waals surface area contributed by atoms with Crippen molar-refractivity contribution in [3.05, 3.63) is 35.9 Å². The maximum Gasteiger partial charge on any atom is 0.157 e. The van der Waals surface area contributed by atoms with Gasteiger partial charge in [-0.15, -0.1) is 0 Å². The molecule has 0 aromatic heterocycles. The summed E-state index contributed by atoms with van der Waals surface area (Å²) in [7, 11) is -2.99. The van der Waals surface area contributed by atoms with Crippen LogP contribution in [0, 0.1) is 0 Å². The molecular formula is C14H21NO2S. The Balaban J connectivity index is 2.00. The van der Waals surface area contributed by atoms with Crippen LogP contribution < -0.4 is 0 Å². The van der Waals surface area contributed by atoms with Crippen molar-refractivity contribution < 1.29 is 8.42 Å². The summed E-state index contributed by atoms with van der Waals surface area (Å²) < 4.78 is 24.7. The standard InChI is InChI=1S/C14H21NO2S/c1-2-15-10-8-14(9-11-15)18(16,17)12-13-6-4-3-5-7-13/h3-7,14H,2,8-12H2,1H3. The van der Waals surface area contributed by atoms with Crippen molar-refractivity contribution in [1.29, 1.82) is 0 Å². The topological polar surface area (TPSA) is 37.4 Å². The van der Waals surface area contributed by atoms with Gasteiger partial charge in [-0.3, -0.25) is 0 Å². The van der Waals surface area contributed by atoms with E-state index in [1.165, 1.54) is 0 Å². The van der Waals surface area contributed by atoms with Gasteiger partial charge in [0.25, 0.3) is 0 Å². The molecule has 4 heteroatoms. The van der Waals surface area contributed by atoms with E-state index in [-0.39, 0.29) is 11.0 Å². The Morgan fingerprint density at radius 3 is 2.33 bits per heavy atom. The number of piperidine rings is 1. The first-order valence-corrected chi connectivity index (χ1v) is 8.31. The molecule has 1 aromatic rings. The minimum absolute atomic E-state index is 0.152. The van der Waals surface area contributed by atoms with Gasteiger partial charge in [0.15, 0.2) is 9.84 Å². The second kappa shape index (κ2) is 5.85. The van der Waals surface area contributed by atoms with Gasteiger partial charge < -0.3 is 4.90 Å².